The Labute approximate surface area is 324 Å². The number of amides is 3. The van der Waals surface area contributed by atoms with Gasteiger partial charge in [0.2, 0.25) is 14.3 Å². The van der Waals surface area contributed by atoms with E-state index in [0.29, 0.717) is 35.5 Å². The van der Waals surface area contributed by atoms with E-state index < -0.39 is 80.1 Å². The lowest BCUT2D eigenvalue weighted by molar-refractivity contribution is -0.274. The minimum atomic E-state index is -3.61. The molecule has 10 atom stereocenters. The summed E-state index contributed by atoms with van der Waals surface area (Å²) in [5, 5.41) is 52.6. The standard InChI is InChI=1S/C40H48FN3O11Si/c1-21-36(56(3,4)41)30(17-31(46)43-19-24-8-6-5-7-23(24)15-26(43)20-45)55-40(21)28-16-27(53-2)13-14-29(28)44(39(40)52)18-22-9-11-25(12-10-22)42-37(50)35-33(48)32(47)34(49)38(51)54-35/h5-14,16,21,26,30,32-36,38,45,47-49,51H,15,17-20H2,1-4H3,(H,42,50)/t21-,26-,30+,32-,33-,34+,35-,36-,38+,40+/m0/s1. The summed E-state index contributed by atoms with van der Waals surface area (Å²) in [5.74, 6) is -1.75. The lowest BCUT2D eigenvalue weighted by Gasteiger charge is -2.37. The average molecular weight is 794 g/mol. The molecule has 6 N–H and O–H groups in total. The fourth-order valence-corrected chi connectivity index (χ4v) is 11.5. The van der Waals surface area contributed by atoms with Crippen molar-refractivity contribution in [2.45, 2.75) is 99.9 Å². The lowest BCUT2D eigenvalue weighted by Crippen LogP contribution is -2.60. The van der Waals surface area contributed by atoms with Crippen LogP contribution < -0.4 is 15.0 Å². The molecule has 4 aliphatic rings. The van der Waals surface area contributed by atoms with E-state index in [9.17, 15) is 39.9 Å². The van der Waals surface area contributed by atoms with Gasteiger partial charge in [-0.15, -0.1) is 0 Å². The number of halogens is 1. The minimum absolute atomic E-state index is 0.0705. The van der Waals surface area contributed by atoms with Crippen LogP contribution in [-0.2, 0) is 49.0 Å². The van der Waals surface area contributed by atoms with Crippen LogP contribution in [-0.4, -0.2) is 113 Å². The first kappa shape index (κ1) is 40.0. The molecule has 0 unspecified atom stereocenters. The molecule has 300 valence electrons. The highest BCUT2D eigenvalue weighted by Gasteiger charge is 2.67. The molecule has 14 nitrogen and oxygen atoms in total. The predicted octanol–water partition coefficient (Wildman–Crippen LogP) is 2.09. The van der Waals surface area contributed by atoms with Gasteiger partial charge in [-0.1, -0.05) is 43.3 Å². The maximum Gasteiger partial charge on any atom is 0.264 e. The predicted molar refractivity (Wildman–Crippen MR) is 202 cm³/mol. The number of benzene rings is 3. The van der Waals surface area contributed by atoms with Crippen molar-refractivity contribution in [3.63, 3.8) is 0 Å². The van der Waals surface area contributed by atoms with Gasteiger partial charge in [0.25, 0.3) is 11.8 Å². The molecule has 3 aromatic carbocycles. The smallest absolute Gasteiger partial charge is 0.264 e. The van der Waals surface area contributed by atoms with Gasteiger partial charge in [0.15, 0.2) is 18.0 Å². The SMILES string of the molecule is COc1ccc2c(c1)[C@@]1(O[C@H](CC(=O)N3Cc4ccccc4C[C@H]3CO)[C@@H]([Si](C)(C)F)[C@@H]1C)C(=O)N2Cc1ccc(NC(=O)[C@H]2O[C@@H](O)[C@H](O)[C@@H](O)[C@@H]2O)cc1. The monoisotopic (exact) mass is 793 g/mol. The largest absolute Gasteiger partial charge is 0.497 e. The van der Waals surface area contributed by atoms with Gasteiger partial charge in [0.05, 0.1) is 44.5 Å². The first-order valence-electron chi connectivity index (χ1n) is 18.7. The molecule has 56 heavy (non-hydrogen) atoms. The Kier molecular flexibility index (Phi) is 10.9. The van der Waals surface area contributed by atoms with E-state index >= 15 is 4.11 Å². The van der Waals surface area contributed by atoms with Crippen LogP contribution in [0.15, 0.2) is 66.7 Å². The van der Waals surface area contributed by atoms with E-state index in [1.54, 1.807) is 65.4 Å². The molecular formula is C40H48FN3O11Si. The number of carbonyl (C=O) groups is 3. The highest BCUT2D eigenvalue weighted by Crippen LogP contribution is 2.61. The van der Waals surface area contributed by atoms with Crippen LogP contribution in [0.1, 0.15) is 35.6 Å². The first-order valence-corrected chi connectivity index (χ1v) is 21.7. The molecule has 2 fully saturated rings. The van der Waals surface area contributed by atoms with Gasteiger partial charge in [-0.05, 0) is 66.5 Å². The van der Waals surface area contributed by atoms with E-state index in [2.05, 4.69) is 5.32 Å². The molecule has 0 saturated carbocycles. The average Bonchev–Trinajstić information content (AvgIpc) is 3.60. The molecule has 3 aromatic rings. The third-order valence-corrected chi connectivity index (χ3v) is 14.3. The normalized spacial score (nSPS) is 31.3. The van der Waals surface area contributed by atoms with Crippen LogP contribution in [0.5, 0.6) is 5.75 Å². The van der Waals surface area contributed by atoms with Crippen LogP contribution in [0.25, 0.3) is 0 Å². The summed E-state index contributed by atoms with van der Waals surface area (Å²) in [6, 6.07) is 19.0. The van der Waals surface area contributed by atoms with Crippen LogP contribution in [0.4, 0.5) is 15.5 Å². The maximum atomic E-state index is 16.5. The lowest BCUT2D eigenvalue weighted by atomic mass is 9.82. The van der Waals surface area contributed by atoms with Crippen molar-refractivity contribution in [2.24, 2.45) is 5.92 Å². The zero-order valence-corrected chi connectivity index (χ0v) is 32.5. The Morgan fingerprint density at radius 1 is 1.00 bits per heavy atom. The van der Waals surface area contributed by atoms with Crippen molar-refractivity contribution in [3.8, 4) is 5.75 Å². The molecule has 0 radical (unpaired) electrons. The Hall–Kier alpha value is -4.26. The van der Waals surface area contributed by atoms with Crippen molar-refractivity contribution in [1.29, 1.82) is 0 Å². The molecule has 16 heteroatoms. The van der Waals surface area contributed by atoms with Gasteiger partial charge in [-0.25, -0.2) is 0 Å². The molecular weight excluding hydrogens is 746 g/mol. The number of anilines is 2. The van der Waals surface area contributed by atoms with Crippen molar-refractivity contribution < 1.29 is 58.2 Å². The number of aliphatic hydroxyl groups excluding tert-OH is 5. The first-order chi connectivity index (χ1) is 26.6. The second-order valence-corrected chi connectivity index (χ2v) is 19.5. The van der Waals surface area contributed by atoms with Gasteiger partial charge in [0.1, 0.15) is 24.1 Å². The third-order valence-electron chi connectivity index (χ3n) is 11.8. The van der Waals surface area contributed by atoms with Crippen molar-refractivity contribution in [2.75, 3.05) is 23.9 Å². The van der Waals surface area contributed by atoms with Crippen molar-refractivity contribution in [3.05, 3.63) is 89.0 Å². The Balaban J connectivity index is 1.14. The summed E-state index contributed by atoms with van der Waals surface area (Å²) >= 11 is 0. The van der Waals surface area contributed by atoms with E-state index in [4.69, 9.17) is 14.2 Å². The van der Waals surface area contributed by atoms with Gasteiger partial charge >= 0.3 is 0 Å². The second-order valence-electron chi connectivity index (χ2n) is 15.7. The molecule has 7 rings (SSSR count). The number of rotatable bonds is 9. The summed E-state index contributed by atoms with van der Waals surface area (Å²) in [6.07, 6.45) is -9.52. The minimum Gasteiger partial charge on any atom is -0.497 e. The van der Waals surface area contributed by atoms with Gasteiger partial charge < -0.3 is 59.0 Å². The summed E-state index contributed by atoms with van der Waals surface area (Å²) in [6.45, 7) is 5.09. The fraction of sp³-hybridized carbons (Fsp3) is 0.475. The molecule has 0 aliphatic carbocycles. The number of hydrogen-bond donors (Lipinski definition) is 6. The number of methoxy groups -OCH3 is 1. The summed E-state index contributed by atoms with van der Waals surface area (Å²) < 4.78 is 33.9. The topological polar surface area (TPSA) is 199 Å². The van der Waals surface area contributed by atoms with Crippen LogP contribution in [0, 0.1) is 5.92 Å². The number of ether oxygens (including phenoxy) is 3. The molecule has 4 aliphatic heterocycles. The fourth-order valence-electron chi connectivity index (χ4n) is 9.01. The van der Waals surface area contributed by atoms with Crippen LogP contribution >= 0.6 is 0 Å². The number of fused-ring (bicyclic) bond motifs is 3. The maximum absolute atomic E-state index is 16.5. The summed E-state index contributed by atoms with van der Waals surface area (Å²) in [5.41, 5.74) is 1.68. The number of aliphatic hydroxyl groups is 5. The van der Waals surface area contributed by atoms with E-state index in [1.807, 2.05) is 31.2 Å². The van der Waals surface area contributed by atoms with Crippen LogP contribution in [0.2, 0.25) is 18.6 Å². The highest BCUT2D eigenvalue weighted by atomic mass is 28.4. The third kappa shape index (κ3) is 6.91. The van der Waals surface area contributed by atoms with Crippen molar-refractivity contribution in [1.82, 2.24) is 4.90 Å². The van der Waals surface area contributed by atoms with Gasteiger partial charge in [-0.2, -0.15) is 0 Å². The Morgan fingerprint density at radius 2 is 1.70 bits per heavy atom. The Bertz CT molecular complexity index is 1980. The molecule has 0 bridgehead atoms. The summed E-state index contributed by atoms with van der Waals surface area (Å²) in [4.78, 5) is 45.1. The highest BCUT2D eigenvalue weighted by molar-refractivity contribution is 6.72. The molecule has 2 saturated heterocycles. The van der Waals surface area contributed by atoms with E-state index in [-0.39, 0.29) is 31.2 Å². The van der Waals surface area contributed by atoms with E-state index in [0.717, 1.165) is 11.1 Å². The van der Waals surface area contributed by atoms with Crippen molar-refractivity contribution >= 4 is 37.5 Å². The molecule has 4 heterocycles. The molecule has 1 spiro atoms. The summed E-state index contributed by atoms with van der Waals surface area (Å²) in [7, 11) is -2.10. The number of carbonyl (C=O) groups excluding carboxylic acids is 3. The van der Waals surface area contributed by atoms with E-state index in [1.165, 1.54) is 7.11 Å². The number of nitrogens with one attached hydrogen (secondary N) is 1. The van der Waals surface area contributed by atoms with Gasteiger partial charge in [0, 0.05) is 29.3 Å². The quantitative estimate of drug-likeness (QED) is 0.137. The zero-order valence-electron chi connectivity index (χ0n) is 31.5. The Morgan fingerprint density at radius 3 is 2.36 bits per heavy atom. The number of hydrogen-bond acceptors (Lipinski definition) is 11. The zero-order chi connectivity index (χ0) is 40.3. The van der Waals surface area contributed by atoms with Crippen LogP contribution in [0.3, 0.4) is 0 Å². The molecule has 0 aromatic heterocycles. The molecule has 3 amide bonds. The second kappa shape index (κ2) is 15.2. The van der Waals surface area contributed by atoms with Gasteiger partial charge in [-0.3, -0.25) is 14.4 Å². The number of nitrogens with zero attached hydrogens (tertiary/aromatic N) is 2.